The van der Waals surface area contributed by atoms with E-state index in [4.69, 9.17) is 5.73 Å². The molecule has 2 rings (SSSR count). The zero-order valence-electron chi connectivity index (χ0n) is 12.4. The first-order valence-electron chi connectivity index (χ1n) is 6.97. The van der Waals surface area contributed by atoms with Crippen molar-refractivity contribution in [1.29, 1.82) is 0 Å². The first kappa shape index (κ1) is 14.7. The molecule has 2 aromatic rings. The van der Waals surface area contributed by atoms with Crippen LogP contribution in [0.3, 0.4) is 0 Å². The number of aryl methyl sites for hydroxylation is 1. The highest BCUT2D eigenvalue weighted by molar-refractivity contribution is 5.29. The summed E-state index contributed by atoms with van der Waals surface area (Å²) in [5.74, 6) is -0.211. The SMILES string of the molecule is Cc1cccc(CC(N)C(C)(C)c2ccc(F)cc2)c1. The number of rotatable bonds is 4. The van der Waals surface area contributed by atoms with Crippen LogP contribution in [0.5, 0.6) is 0 Å². The van der Waals surface area contributed by atoms with E-state index in [1.165, 1.54) is 23.3 Å². The summed E-state index contributed by atoms with van der Waals surface area (Å²) in [6, 6.07) is 15.0. The second kappa shape index (κ2) is 5.76. The summed E-state index contributed by atoms with van der Waals surface area (Å²) in [4.78, 5) is 0. The van der Waals surface area contributed by atoms with Gasteiger partial charge in [-0.1, -0.05) is 55.8 Å². The quantitative estimate of drug-likeness (QED) is 0.894. The maximum Gasteiger partial charge on any atom is 0.123 e. The van der Waals surface area contributed by atoms with Crippen molar-refractivity contribution in [1.82, 2.24) is 0 Å². The number of nitrogens with two attached hydrogens (primary N) is 1. The Kier molecular flexibility index (Phi) is 4.24. The Bertz CT molecular complexity index is 572. The summed E-state index contributed by atoms with van der Waals surface area (Å²) in [5.41, 5.74) is 9.77. The molecule has 0 aliphatic heterocycles. The van der Waals surface area contributed by atoms with Crippen LogP contribution in [0, 0.1) is 12.7 Å². The van der Waals surface area contributed by atoms with Gasteiger partial charge in [0.05, 0.1) is 0 Å². The summed E-state index contributed by atoms with van der Waals surface area (Å²) in [7, 11) is 0. The van der Waals surface area contributed by atoms with E-state index >= 15 is 0 Å². The lowest BCUT2D eigenvalue weighted by Crippen LogP contribution is -2.42. The van der Waals surface area contributed by atoms with Gasteiger partial charge < -0.3 is 5.73 Å². The van der Waals surface area contributed by atoms with Crippen molar-refractivity contribution in [2.24, 2.45) is 5.73 Å². The van der Waals surface area contributed by atoms with E-state index < -0.39 is 0 Å². The van der Waals surface area contributed by atoms with Crippen LogP contribution >= 0.6 is 0 Å². The molecular weight excluding hydrogens is 249 g/mol. The van der Waals surface area contributed by atoms with Gasteiger partial charge in [0, 0.05) is 11.5 Å². The third kappa shape index (κ3) is 3.26. The van der Waals surface area contributed by atoms with Crippen LogP contribution in [0.4, 0.5) is 4.39 Å². The fraction of sp³-hybridized carbons (Fsp3) is 0.333. The van der Waals surface area contributed by atoms with Crippen LogP contribution in [-0.2, 0) is 11.8 Å². The average Bonchev–Trinajstić information content (AvgIpc) is 2.39. The van der Waals surface area contributed by atoms with Crippen molar-refractivity contribution >= 4 is 0 Å². The third-order valence-electron chi connectivity index (χ3n) is 4.05. The van der Waals surface area contributed by atoms with Crippen molar-refractivity contribution in [3.8, 4) is 0 Å². The Morgan fingerprint density at radius 3 is 2.35 bits per heavy atom. The monoisotopic (exact) mass is 271 g/mol. The lowest BCUT2D eigenvalue weighted by Gasteiger charge is -2.32. The van der Waals surface area contributed by atoms with Crippen LogP contribution in [0.25, 0.3) is 0 Å². The molecular formula is C18H22FN. The van der Waals surface area contributed by atoms with Crippen LogP contribution in [0.15, 0.2) is 48.5 Å². The van der Waals surface area contributed by atoms with Gasteiger partial charge in [-0.05, 0) is 36.6 Å². The van der Waals surface area contributed by atoms with Crippen molar-refractivity contribution in [3.63, 3.8) is 0 Å². The summed E-state index contributed by atoms with van der Waals surface area (Å²) < 4.78 is 13.0. The molecule has 0 spiro atoms. The minimum atomic E-state index is -0.211. The van der Waals surface area contributed by atoms with Crippen molar-refractivity contribution < 1.29 is 4.39 Å². The molecule has 0 amide bonds. The Morgan fingerprint density at radius 2 is 1.75 bits per heavy atom. The largest absolute Gasteiger partial charge is 0.327 e. The van der Waals surface area contributed by atoms with Gasteiger partial charge in [-0.25, -0.2) is 4.39 Å². The van der Waals surface area contributed by atoms with E-state index in [2.05, 4.69) is 45.0 Å². The van der Waals surface area contributed by atoms with Crippen molar-refractivity contribution in [2.45, 2.75) is 38.6 Å². The van der Waals surface area contributed by atoms with Gasteiger partial charge in [-0.15, -0.1) is 0 Å². The standard InChI is InChI=1S/C18H22FN/c1-13-5-4-6-14(11-13)12-17(20)18(2,3)15-7-9-16(19)10-8-15/h4-11,17H,12,20H2,1-3H3. The topological polar surface area (TPSA) is 26.0 Å². The normalized spacial score (nSPS) is 13.2. The number of hydrogen-bond acceptors (Lipinski definition) is 1. The van der Waals surface area contributed by atoms with E-state index in [1.807, 2.05) is 12.1 Å². The van der Waals surface area contributed by atoms with E-state index in [0.29, 0.717) is 0 Å². The minimum Gasteiger partial charge on any atom is -0.327 e. The predicted molar refractivity (Wildman–Crippen MR) is 82.3 cm³/mol. The molecule has 2 heteroatoms. The van der Waals surface area contributed by atoms with Crippen LogP contribution in [0.2, 0.25) is 0 Å². The van der Waals surface area contributed by atoms with Gasteiger partial charge in [0.25, 0.3) is 0 Å². The lowest BCUT2D eigenvalue weighted by molar-refractivity contribution is 0.406. The summed E-state index contributed by atoms with van der Waals surface area (Å²) in [6.45, 7) is 6.31. The molecule has 0 bridgehead atoms. The second-order valence-corrected chi connectivity index (χ2v) is 6.03. The highest BCUT2D eigenvalue weighted by Gasteiger charge is 2.28. The first-order valence-corrected chi connectivity index (χ1v) is 6.97. The summed E-state index contributed by atoms with van der Waals surface area (Å²) in [6.07, 6.45) is 0.812. The molecule has 1 atom stereocenters. The fourth-order valence-electron chi connectivity index (χ4n) is 2.44. The molecule has 0 aliphatic rings. The number of hydrogen-bond donors (Lipinski definition) is 1. The predicted octanol–water partition coefficient (Wildman–Crippen LogP) is 3.98. The molecule has 0 aliphatic carbocycles. The molecule has 2 aromatic carbocycles. The van der Waals surface area contributed by atoms with E-state index in [9.17, 15) is 4.39 Å². The molecule has 1 nitrogen and oxygen atoms in total. The Hall–Kier alpha value is -1.67. The Balaban J connectivity index is 2.18. The van der Waals surface area contributed by atoms with E-state index in [1.54, 1.807) is 0 Å². The van der Waals surface area contributed by atoms with Crippen LogP contribution in [-0.4, -0.2) is 6.04 Å². The highest BCUT2D eigenvalue weighted by atomic mass is 19.1. The van der Waals surface area contributed by atoms with Gasteiger partial charge in [0.1, 0.15) is 5.82 Å². The van der Waals surface area contributed by atoms with Gasteiger partial charge in [0.15, 0.2) is 0 Å². The van der Waals surface area contributed by atoms with E-state index in [0.717, 1.165) is 12.0 Å². The lowest BCUT2D eigenvalue weighted by atomic mass is 9.76. The molecule has 0 radical (unpaired) electrons. The highest BCUT2D eigenvalue weighted by Crippen LogP contribution is 2.28. The van der Waals surface area contributed by atoms with Crippen molar-refractivity contribution in [2.75, 3.05) is 0 Å². The summed E-state index contributed by atoms with van der Waals surface area (Å²) in [5, 5.41) is 0. The maximum absolute atomic E-state index is 13.0. The molecule has 0 aromatic heterocycles. The number of halogens is 1. The number of benzene rings is 2. The van der Waals surface area contributed by atoms with Gasteiger partial charge >= 0.3 is 0 Å². The molecule has 2 N–H and O–H groups in total. The fourth-order valence-corrected chi connectivity index (χ4v) is 2.44. The Morgan fingerprint density at radius 1 is 1.10 bits per heavy atom. The molecule has 0 saturated carbocycles. The van der Waals surface area contributed by atoms with Crippen molar-refractivity contribution in [3.05, 3.63) is 71.0 Å². The van der Waals surface area contributed by atoms with Crippen LogP contribution in [0.1, 0.15) is 30.5 Å². The molecule has 106 valence electrons. The zero-order chi connectivity index (χ0) is 14.8. The molecule has 1 unspecified atom stereocenters. The second-order valence-electron chi connectivity index (χ2n) is 6.03. The summed E-state index contributed by atoms with van der Waals surface area (Å²) >= 11 is 0. The average molecular weight is 271 g/mol. The van der Waals surface area contributed by atoms with Gasteiger partial charge in [0.2, 0.25) is 0 Å². The van der Waals surface area contributed by atoms with Gasteiger partial charge in [-0.2, -0.15) is 0 Å². The molecule has 0 heterocycles. The molecule has 0 fully saturated rings. The maximum atomic E-state index is 13.0. The molecule has 20 heavy (non-hydrogen) atoms. The third-order valence-corrected chi connectivity index (χ3v) is 4.05. The zero-order valence-corrected chi connectivity index (χ0v) is 12.4. The smallest absolute Gasteiger partial charge is 0.123 e. The van der Waals surface area contributed by atoms with Gasteiger partial charge in [-0.3, -0.25) is 0 Å². The van der Waals surface area contributed by atoms with Crippen LogP contribution < -0.4 is 5.73 Å². The van der Waals surface area contributed by atoms with E-state index in [-0.39, 0.29) is 17.3 Å². The molecule has 0 saturated heterocycles. The first-order chi connectivity index (χ1) is 9.39. The minimum absolute atomic E-state index is 0.0187. The Labute approximate surface area is 120 Å².